The Bertz CT molecular complexity index is 320. The molecule has 0 saturated heterocycles. The molecule has 0 unspecified atom stereocenters. The lowest BCUT2D eigenvalue weighted by Gasteiger charge is -2.13. The third-order valence-corrected chi connectivity index (χ3v) is 2.36. The van der Waals surface area contributed by atoms with Crippen molar-refractivity contribution in [2.45, 2.75) is 18.9 Å². The molecule has 0 saturated carbocycles. The van der Waals surface area contributed by atoms with Gasteiger partial charge < -0.3 is 5.73 Å². The molecule has 1 aromatic carbocycles. The predicted octanol–water partition coefficient (Wildman–Crippen LogP) is 4.07. The van der Waals surface area contributed by atoms with Crippen LogP contribution in [0.2, 0.25) is 10.0 Å². The highest BCUT2D eigenvalue weighted by Gasteiger charge is 2.15. The lowest BCUT2D eigenvalue weighted by molar-refractivity contribution is 0.128. The quantitative estimate of drug-likeness (QED) is 0.885. The van der Waals surface area contributed by atoms with Gasteiger partial charge in [-0.15, -0.1) is 12.4 Å². The Balaban J connectivity index is 0.00000196. The summed E-state index contributed by atoms with van der Waals surface area (Å²) in [6.45, 7) is 0. The van der Waals surface area contributed by atoms with Gasteiger partial charge in [-0.05, 0) is 17.7 Å². The van der Waals surface area contributed by atoms with E-state index in [-0.39, 0.29) is 12.4 Å². The van der Waals surface area contributed by atoms with E-state index in [0.717, 1.165) is 0 Å². The topological polar surface area (TPSA) is 26.0 Å². The van der Waals surface area contributed by atoms with Crippen LogP contribution in [0.4, 0.5) is 8.78 Å². The fourth-order valence-electron chi connectivity index (χ4n) is 1.12. The van der Waals surface area contributed by atoms with Crippen molar-refractivity contribution in [2.24, 2.45) is 5.73 Å². The van der Waals surface area contributed by atoms with Gasteiger partial charge in [0.15, 0.2) is 0 Å². The number of nitrogens with two attached hydrogens (primary N) is 1. The second kappa shape index (κ2) is 6.48. The molecule has 0 spiro atoms. The summed E-state index contributed by atoms with van der Waals surface area (Å²) in [6.07, 6.45) is -2.84. The molecule has 0 heterocycles. The second-order valence-electron chi connectivity index (χ2n) is 2.90. The van der Waals surface area contributed by atoms with Crippen molar-refractivity contribution in [3.63, 3.8) is 0 Å². The van der Waals surface area contributed by atoms with Gasteiger partial charge in [0.25, 0.3) is 0 Å². The van der Waals surface area contributed by atoms with Crippen molar-refractivity contribution in [1.29, 1.82) is 0 Å². The Morgan fingerprint density at radius 1 is 1.27 bits per heavy atom. The molecular weight excluding hydrogens is 266 g/mol. The minimum atomic E-state index is -2.43. The van der Waals surface area contributed by atoms with E-state index in [0.29, 0.717) is 15.6 Å². The number of rotatable bonds is 3. The van der Waals surface area contributed by atoms with Crippen molar-refractivity contribution in [1.82, 2.24) is 0 Å². The van der Waals surface area contributed by atoms with Crippen molar-refractivity contribution in [3.8, 4) is 0 Å². The first-order chi connectivity index (χ1) is 6.50. The Morgan fingerprint density at radius 3 is 2.33 bits per heavy atom. The molecule has 1 aromatic rings. The maximum Gasteiger partial charge on any atom is 0.240 e. The van der Waals surface area contributed by atoms with Crippen molar-refractivity contribution >= 4 is 35.6 Å². The molecule has 0 bridgehead atoms. The van der Waals surface area contributed by atoms with E-state index in [1.54, 1.807) is 12.1 Å². The molecule has 1 atom stereocenters. The highest BCUT2D eigenvalue weighted by Crippen LogP contribution is 2.27. The van der Waals surface area contributed by atoms with Crippen LogP contribution >= 0.6 is 35.6 Å². The van der Waals surface area contributed by atoms with Gasteiger partial charge in [0, 0.05) is 22.5 Å². The van der Waals surface area contributed by atoms with E-state index >= 15 is 0 Å². The molecular formula is C9H10Cl3F2N. The molecule has 0 aromatic heterocycles. The first-order valence-electron chi connectivity index (χ1n) is 3.99. The second-order valence-corrected chi connectivity index (χ2v) is 3.74. The molecule has 6 heteroatoms. The molecule has 0 fully saturated rings. The summed E-state index contributed by atoms with van der Waals surface area (Å²) in [5.41, 5.74) is 6.04. The van der Waals surface area contributed by atoms with Crippen LogP contribution in [0.5, 0.6) is 0 Å². The Hall–Kier alpha value is -0.0900. The summed E-state index contributed by atoms with van der Waals surface area (Å²) in [4.78, 5) is 0. The van der Waals surface area contributed by atoms with Gasteiger partial charge in [0.05, 0.1) is 0 Å². The molecule has 0 amide bonds. The molecule has 0 radical (unpaired) electrons. The minimum Gasteiger partial charge on any atom is -0.324 e. The number of hydrogen-bond donors (Lipinski definition) is 1. The number of alkyl halides is 2. The number of hydrogen-bond acceptors (Lipinski definition) is 1. The standard InChI is InChI=1S/C9H9Cl2F2N.ClH/c10-5-1-2-6(7(11)3-5)8(14)4-9(12)13;/h1-3,8-9H,4,14H2;1H/t8-;/m0./s1. The largest absolute Gasteiger partial charge is 0.324 e. The van der Waals surface area contributed by atoms with E-state index in [2.05, 4.69) is 0 Å². The monoisotopic (exact) mass is 275 g/mol. The summed E-state index contributed by atoms with van der Waals surface area (Å²) in [6, 6.07) is 3.88. The van der Waals surface area contributed by atoms with E-state index in [1.165, 1.54) is 6.07 Å². The fraction of sp³-hybridized carbons (Fsp3) is 0.333. The van der Waals surface area contributed by atoms with Gasteiger partial charge in [0.2, 0.25) is 6.43 Å². The summed E-state index contributed by atoms with van der Waals surface area (Å²) in [5.74, 6) is 0. The van der Waals surface area contributed by atoms with E-state index in [9.17, 15) is 8.78 Å². The van der Waals surface area contributed by atoms with E-state index in [4.69, 9.17) is 28.9 Å². The summed E-state index contributed by atoms with van der Waals surface area (Å²) < 4.78 is 24.1. The molecule has 0 aliphatic rings. The molecule has 86 valence electrons. The molecule has 0 aliphatic carbocycles. The third-order valence-electron chi connectivity index (χ3n) is 1.79. The highest BCUT2D eigenvalue weighted by atomic mass is 35.5. The summed E-state index contributed by atoms with van der Waals surface area (Å²) in [5, 5.41) is 0.786. The first kappa shape index (κ1) is 14.9. The number of benzene rings is 1. The van der Waals surface area contributed by atoms with Gasteiger partial charge in [0.1, 0.15) is 0 Å². The maximum atomic E-state index is 12.0. The Kier molecular flexibility index (Phi) is 6.44. The van der Waals surface area contributed by atoms with Gasteiger partial charge in [-0.25, -0.2) is 8.78 Å². The van der Waals surface area contributed by atoms with Crippen LogP contribution in [0.15, 0.2) is 18.2 Å². The zero-order valence-corrected chi connectivity index (χ0v) is 9.92. The molecule has 15 heavy (non-hydrogen) atoms. The average molecular weight is 277 g/mol. The zero-order chi connectivity index (χ0) is 10.7. The van der Waals surface area contributed by atoms with Crippen LogP contribution in [0, 0.1) is 0 Å². The number of halogens is 5. The van der Waals surface area contributed by atoms with Crippen molar-refractivity contribution in [2.75, 3.05) is 0 Å². The lowest BCUT2D eigenvalue weighted by Crippen LogP contribution is -2.14. The molecule has 0 aliphatic heterocycles. The predicted molar refractivity (Wildman–Crippen MR) is 61.3 cm³/mol. The smallest absolute Gasteiger partial charge is 0.240 e. The van der Waals surface area contributed by atoms with Gasteiger partial charge in [-0.3, -0.25) is 0 Å². The molecule has 1 rings (SSSR count). The summed E-state index contributed by atoms with van der Waals surface area (Å²) in [7, 11) is 0. The van der Waals surface area contributed by atoms with E-state index in [1.807, 2.05) is 0 Å². The third kappa shape index (κ3) is 4.51. The highest BCUT2D eigenvalue weighted by molar-refractivity contribution is 6.35. The SMILES string of the molecule is Cl.N[C@@H](CC(F)F)c1ccc(Cl)cc1Cl. The zero-order valence-electron chi connectivity index (χ0n) is 7.59. The van der Waals surface area contributed by atoms with Crippen molar-refractivity contribution < 1.29 is 8.78 Å². The van der Waals surface area contributed by atoms with Crippen LogP contribution in [-0.2, 0) is 0 Å². The van der Waals surface area contributed by atoms with Crippen LogP contribution in [0.25, 0.3) is 0 Å². The molecule has 2 N–H and O–H groups in total. The van der Waals surface area contributed by atoms with Gasteiger partial charge >= 0.3 is 0 Å². The van der Waals surface area contributed by atoms with Gasteiger partial charge in [-0.1, -0.05) is 29.3 Å². The van der Waals surface area contributed by atoms with Crippen LogP contribution in [0.3, 0.4) is 0 Å². The normalized spacial score (nSPS) is 12.4. The van der Waals surface area contributed by atoms with Crippen molar-refractivity contribution in [3.05, 3.63) is 33.8 Å². The van der Waals surface area contributed by atoms with Crippen LogP contribution < -0.4 is 5.73 Å². The summed E-state index contributed by atoms with van der Waals surface area (Å²) >= 11 is 11.5. The molecule has 1 nitrogen and oxygen atoms in total. The first-order valence-corrected chi connectivity index (χ1v) is 4.75. The lowest BCUT2D eigenvalue weighted by atomic mass is 10.1. The van der Waals surface area contributed by atoms with Crippen LogP contribution in [0.1, 0.15) is 18.0 Å². The van der Waals surface area contributed by atoms with Gasteiger partial charge in [-0.2, -0.15) is 0 Å². The maximum absolute atomic E-state index is 12.0. The minimum absolute atomic E-state index is 0. The Morgan fingerprint density at radius 2 is 1.87 bits per heavy atom. The van der Waals surface area contributed by atoms with Crippen LogP contribution in [-0.4, -0.2) is 6.43 Å². The Labute approximate surface area is 103 Å². The fourth-order valence-corrected chi connectivity index (χ4v) is 1.67. The van der Waals surface area contributed by atoms with E-state index < -0.39 is 18.9 Å². The average Bonchev–Trinajstić information content (AvgIpc) is 2.01.